The van der Waals surface area contributed by atoms with E-state index in [4.69, 9.17) is 9.47 Å². The lowest BCUT2D eigenvalue weighted by Crippen LogP contribution is -2.47. The van der Waals surface area contributed by atoms with Crippen LogP contribution in [-0.4, -0.2) is 34.1 Å². The smallest absolute Gasteiger partial charge is 0.348 e. The van der Waals surface area contributed by atoms with Crippen molar-refractivity contribution >= 4 is 32.5 Å². The van der Waals surface area contributed by atoms with E-state index in [1.807, 2.05) is 24.3 Å². The molecular formula is C20H17NO5S. The summed E-state index contributed by atoms with van der Waals surface area (Å²) in [5.74, 6) is -0.299. The highest BCUT2D eigenvalue weighted by atomic mass is 32.2. The molecule has 3 aromatic rings. The quantitative estimate of drug-likeness (QED) is 0.650. The van der Waals surface area contributed by atoms with Crippen LogP contribution < -0.4 is 9.04 Å². The standard InChI is InChI=1S/C20H17NO5S/c1-25-20(22)19-13-21(17-8-4-5-9-18(17)26-19)27(23,24)16-11-10-14-6-2-3-7-15(14)12-16/h2-12,19H,13H2,1H3/t19-/m1/s1. The second-order valence-corrected chi connectivity index (χ2v) is 8.00. The largest absolute Gasteiger partial charge is 0.475 e. The Morgan fingerprint density at radius 3 is 2.52 bits per heavy atom. The summed E-state index contributed by atoms with van der Waals surface area (Å²) in [6.45, 7) is -0.154. The van der Waals surface area contributed by atoms with Gasteiger partial charge in [0.1, 0.15) is 5.75 Å². The Morgan fingerprint density at radius 2 is 1.74 bits per heavy atom. The van der Waals surface area contributed by atoms with E-state index in [1.54, 1.807) is 42.5 Å². The molecule has 3 aromatic carbocycles. The van der Waals surface area contributed by atoms with Crippen LogP contribution in [0.1, 0.15) is 0 Å². The number of sulfonamides is 1. The normalized spacial score (nSPS) is 16.5. The van der Waals surface area contributed by atoms with Gasteiger partial charge in [-0.25, -0.2) is 13.2 Å². The first-order chi connectivity index (χ1) is 13.0. The molecule has 1 heterocycles. The predicted molar refractivity (Wildman–Crippen MR) is 101 cm³/mol. The van der Waals surface area contributed by atoms with E-state index in [0.29, 0.717) is 11.4 Å². The molecule has 0 N–H and O–H groups in total. The molecule has 0 unspecified atom stereocenters. The molecule has 0 fully saturated rings. The van der Waals surface area contributed by atoms with E-state index in [1.165, 1.54) is 11.4 Å². The van der Waals surface area contributed by atoms with Crippen molar-refractivity contribution in [2.24, 2.45) is 0 Å². The Bertz CT molecular complexity index is 1130. The molecule has 27 heavy (non-hydrogen) atoms. The van der Waals surface area contributed by atoms with Gasteiger partial charge in [-0.15, -0.1) is 0 Å². The molecule has 1 aliphatic heterocycles. The number of esters is 1. The number of anilines is 1. The summed E-state index contributed by atoms with van der Waals surface area (Å²) in [5, 5.41) is 1.77. The first-order valence-electron chi connectivity index (χ1n) is 8.36. The van der Waals surface area contributed by atoms with Crippen LogP contribution in [0.3, 0.4) is 0 Å². The summed E-state index contributed by atoms with van der Waals surface area (Å²) >= 11 is 0. The van der Waals surface area contributed by atoms with Gasteiger partial charge < -0.3 is 9.47 Å². The highest BCUT2D eigenvalue weighted by Crippen LogP contribution is 2.37. The van der Waals surface area contributed by atoms with Crippen LogP contribution in [0.25, 0.3) is 10.8 Å². The SMILES string of the molecule is COC(=O)[C@H]1CN(S(=O)(=O)c2ccc3ccccc3c2)c2ccccc2O1. The van der Waals surface area contributed by atoms with E-state index in [9.17, 15) is 13.2 Å². The Labute approximate surface area is 157 Å². The molecule has 0 saturated carbocycles. The molecule has 0 aliphatic carbocycles. The molecule has 0 amide bonds. The van der Waals surface area contributed by atoms with Crippen LogP contribution in [0.15, 0.2) is 71.6 Å². The van der Waals surface area contributed by atoms with Gasteiger partial charge in [0, 0.05) is 0 Å². The van der Waals surface area contributed by atoms with Gasteiger partial charge in [0.15, 0.2) is 0 Å². The number of methoxy groups -OCH3 is 1. The molecule has 0 radical (unpaired) electrons. The zero-order valence-electron chi connectivity index (χ0n) is 14.5. The number of nitrogens with zero attached hydrogens (tertiary/aromatic N) is 1. The fraction of sp³-hybridized carbons (Fsp3) is 0.150. The lowest BCUT2D eigenvalue weighted by Gasteiger charge is -2.34. The maximum atomic E-state index is 13.4. The molecule has 0 spiro atoms. The van der Waals surface area contributed by atoms with Gasteiger partial charge >= 0.3 is 5.97 Å². The third-order valence-electron chi connectivity index (χ3n) is 4.51. The molecule has 4 rings (SSSR count). The lowest BCUT2D eigenvalue weighted by molar-refractivity contribution is -0.148. The van der Waals surface area contributed by atoms with Crippen LogP contribution in [0.2, 0.25) is 0 Å². The minimum absolute atomic E-state index is 0.154. The van der Waals surface area contributed by atoms with Crippen molar-refractivity contribution in [3.63, 3.8) is 0 Å². The van der Waals surface area contributed by atoms with Crippen LogP contribution in [0.4, 0.5) is 5.69 Å². The van der Waals surface area contributed by atoms with E-state index < -0.39 is 22.1 Å². The molecule has 0 saturated heterocycles. The van der Waals surface area contributed by atoms with Gasteiger partial charge in [-0.2, -0.15) is 0 Å². The predicted octanol–water partition coefficient (Wildman–Crippen LogP) is 2.97. The molecular weight excluding hydrogens is 366 g/mol. The Kier molecular flexibility index (Phi) is 4.24. The van der Waals surface area contributed by atoms with Crippen LogP contribution >= 0.6 is 0 Å². The number of benzene rings is 3. The van der Waals surface area contributed by atoms with E-state index in [0.717, 1.165) is 10.8 Å². The number of carbonyl (C=O) groups is 1. The second-order valence-electron chi connectivity index (χ2n) is 6.14. The topological polar surface area (TPSA) is 72.9 Å². The van der Waals surface area contributed by atoms with Crippen molar-refractivity contribution in [1.82, 2.24) is 0 Å². The lowest BCUT2D eigenvalue weighted by atomic mass is 10.1. The summed E-state index contributed by atoms with van der Waals surface area (Å²) in [5.41, 5.74) is 0.394. The highest BCUT2D eigenvalue weighted by molar-refractivity contribution is 7.92. The number of fused-ring (bicyclic) bond motifs is 2. The molecule has 1 atom stereocenters. The average molecular weight is 383 g/mol. The van der Waals surface area contributed by atoms with Gasteiger partial charge in [-0.3, -0.25) is 4.31 Å². The number of hydrogen-bond donors (Lipinski definition) is 0. The molecule has 0 bridgehead atoms. The molecule has 1 aliphatic rings. The number of para-hydroxylation sites is 2. The minimum Gasteiger partial charge on any atom is -0.475 e. The minimum atomic E-state index is -3.90. The van der Waals surface area contributed by atoms with Gasteiger partial charge in [0.2, 0.25) is 6.10 Å². The van der Waals surface area contributed by atoms with Crippen molar-refractivity contribution in [2.75, 3.05) is 18.0 Å². The summed E-state index contributed by atoms with van der Waals surface area (Å²) in [4.78, 5) is 12.1. The maximum absolute atomic E-state index is 13.4. The first kappa shape index (κ1) is 17.4. The molecule has 138 valence electrons. The van der Waals surface area contributed by atoms with Crippen LogP contribution in [0.5, 0.6) is 5.75 Å². The van der Waals surface area contributed by atoms with E-state index in [-0.39, 0.29) is 11.4 Å². The number of carbonyl (C=O) groups excluding carboxylic acids is 1. The number of ether oxygens (including phenoxy) is 2. The van der Waals surface area contributed by atoms with E-state index in [2.05, 4.69) is 0 Å². The van der Waals surface area contributed by atoms with Gasteiger partial charge in [-0.1, -0.05) is 42.5 Å². The Balaban J connectivity index is 1.82. The third-order valence-corrected chi connectivity index (χ3v) is 6.28. The van der Waals surface area contributed by atoms with Gasteiger partial charge in [0.25, 0.3) is 10.0 Å². The van der Waals surface area contributed by atoms with Crippen molar-refractivity contribution < 1.29 is 22.7 Å². The highest BCUT2D eigenvalue weighted by Gasteiger charge is 2.38. The van der Waals surface area contributed by atoms with Gasteiger partial charge in [-0.05, 0) is 35.0 Å². The van der Waals surface area contributed by atoms with E-state index >= 15 is 0 Å². The van der Waals surface area contributed by atoms with Crippen LogP contribution in [0, 0.1) is 0 Å². The van der Waals surface area contributed by atoms with Crippen molar-refractivity contribution in [3.05, 3.63) is 66.7 Å². The van der Waals surface area contributed by atoms with Crippen molar-refractivity contribution in [1.29, 1.82) is 0 Å². The number of hydrogen-bond acceptors (Lipinski definition) is 5. The zero-order valence-corrected chi connectivity index (χ0v) is 15.3. The summed E-state index contributed by atoms with van der Waals surface area (Å²) in [6.07, 6.45) is -1.03. The fourth-order valence-electron chi connectivity index (χ4n) is 3.14. The first-order valence-corrected chi connectivity index (χ1v) is 9.80. The molecule has 6 nitrogen and oxygen atoms in total. The monoisotopic (exact) mass is 383 g/mol. The number of rotatable bonds is 3. The van der Waals surface area contributed by atoms with Gasteiger partial charge in [0.05, 0.1) is 24.2 Å². The summed E-state index contributed by atoms with van der Waals surface area (Å²) in [6, 6.07) is 19.2. The Morgan fingerprint density at radius 1 is 1.04 bits per heavy atom. The molecule has 0 aromatic heterocycles. The fourth-order valence-corrected chi connectivity index (χ4v) is 4.65. The Hall–Kier alpha value is -3.06. The summed E-state index contributed by atoms with van der Waals surface area (Å²) < 4.78 is 38.3. The van der Waals surface area contributed by atoms with Crippen LogP contribution in [-0.2, 0) is 19.6 Å². The molecule has 7 heteroatoms. The third kappa shape index (κ3) is 3.00. The van der Waals surface area contributed by atoms with Crippen molar-refractivity contribution in [2.45, 2.75) is 11.0 Å². The van der Waals surface area contributed by atoms with Crippen molar-refractivity contribution in [3.8, 4) is 5.75 Å². The average Bonchev–Trinajstić information content (AvgIpc) is 2.71. The maximum Gasteiger partial charge on any atom is 0.348 e. The zero-order chi connectivity index (χ0) is 19.0. The summed E-state index contributed by atoms with van der Waals surface area (Å²) in [7, 11) is -2.65. The second kappa shape index (κ2) is 6.59.